The number of aryl methyl sites for hydroxylation is 1. The Labute approximate surface area is 165 Å². The Balaban J connectivity index is 1.82. The summed E-state index contributed by atoms with van der Waals surface area (Å²) in [4.78, 5) is 24.4. The molecule has 0 aliphatic heterocycles. The number of aromatic amines is 1. The number of H-pyrrole nitrogens is 1. The molecule has 1 amide bonds. The van der Waals surface area contributed by atoms with Crippen LogP contribution in [-0.4, -0.2) is 20.9 Å². The van der Waals surface area contributed by atoms with E-state index in [1.165, 1.54) is 11.3 Å². The largest absolute Gasteiger partial charge is 0.338 e. The van der Waals surface area contributed by atoms with E-state index in [0.29, 0.717) is 5.13 Å². The highest BCUT2D eigenvalue weighted by molar-refractivity contribution is 7.15. The van der Waals surface area contributed by atoms with E-state index < -0.39 is 29.5 Å². The van der Waals surface area contributed by atoms with Gasteiger partial charge in [0.2, 0.25) is 0 Å². The molecule has 0 fully saturated rings. The first-order valence-electron chi connectivity index (χ1n) is 8.33. The molecule has 10 heteroatoms. The third kappa shape index (κ3) is 3.70. The Hall–Kier alpha value is -3.27. The Morgan fingerprint density at radius 3 is 2.66 bits per heavy atom. The molecule has 148 valence electrons. The lowest BCUT2D eigenvalue weighted by atomic mass is 10.1. The highest BCUT2D eigenvalue weighted by Gasteiger charge is 2.21. The van der Waals surface area contributed by atoms with Crippen LogP contribution in [0.1, 0.15) is 27.2 Å². The van der Waals surface area contributed by atoms with Crippen molar-refractivity contribution in [1.82, 2.24) is 15.0 Å². The highest BCUT2D eigenvalue weighted by Crippen LogP contribution is 2.32. The van der Waals surface area contributed by atoms with Gasteiger partial charge in [-0.15, -0.1) is 11.3 Å². The van der Waals surface area contributed by atoms with Gasteiger partial charge < -0.3 is 4.98 Å². The molecule has 0 aliphatic carbocycles. The van der Waals surface area contributed by atoms with Crippen molar-refractivity contribution < 1.29 is 22.4 Å². The Morgan fingerprint density at radius 2 is 1.97 bits per heavy atom. The van der Waals surface area contributed by atoms with Gasteiger partial charge in [-0.3, -0.25) is 10.1 Å². The van der Waals surface area contributed by atoms with E-state index in [1.54, 1.807) is 6.20 Å². The maximum Gasteiger partial charge on any atom is 0.264 e. The zero-order chi connectivity index (χ0) is 20.7. The van der Waals surface area contributed by atoms with Crippen LogP contribution in [0.3, 0.4) is 0 Å². The maximum absolute atomic E-state index is 14.1. The number of carbonyl (C=O) groups excluding carboxylic acids is 1. The number of fused-ring (bicyclic) bond motifs is 1. The van der Waals surface area contributed by atoms with Crippen molar-refractivity contribution in [2.75, 3.05) is 5.32 Å². The summed E-state index contributed by atoms with van der Waals surface area (Å²) in [6.07, 6.45) is -1.30. The Bertz CT molecular complexity index is 1230. The van der Waals surface area contributed by atoms with Crippen LogP contribution in [0.25, 0.3) is 22.4 Å². The van der Waals surface area contributed by atoms with Gasteiger partial charge in [-0.2, -0.15) is 0 Å². The number of amides is 1. The molecule has 0 unspecified atom stereocenters. The second-order valence-corrected chi connectivity index (χ2v) is 7.43. The summed E-state index contributed by atoms with van der Waals surface area (Å²) in [7, 11) is 0. The number of alkyl halides is 2. The van der Waals surface area contributed by atoms with Crippen LogP contribution in [0, 0.1) is 18.6 Å². The fourth-order valence-electron chi connectivity index (χ4n) is 2.88. The second-order valence-electron chi connectivity index (χ2n) is 6.20. The van der Waals surface area contributed by atoms with Crippen LogP contribution in [0.5, 0.6) is 0 Å². The van der Waals surface area contributed by atoms with Gasteiger partial charge in [0.1, 0.15) is 23.0 Å². The topological polar surface area (TPSA) is 70.7 Å². The number of nitrogens with zero attached hydrogens (tertiary/aromatic N) is 2. The molecule has 0 spiro atoms. The van der Waals surface area contributed by atoms with Crippen molar-refractivity contribution in [2.24, 2.45) is 0 Å². The molecule has 29 heavy (non-hydrogen) atoms. The predicted octanol–water partition coefficient (Wildman–Crippen LogP) is 5.46. The highest BCUT2D eigenvalue weighted by atomic mass is 32.1. The number of benzene rings is 2. The van der Waals surface area contributed by atoms with Crippen molar-refractivity contribution in [3.8, 4) is 11.4 Å². The summed E-state index contributed by atoms with van der Waals surface area (Å²) in [5, 5.41) is 2.88. The average Bonchev–Trinajstić information content (AvgIpc) is 3.26. The summed E-state index contributed by atoms with van der Waals surface area (Å²) in [6, 6.07) is 4.86. The van der Waals surface area contributed by atoms with E-state index in [4.69, 9.17) is 0 Å². The molecule has 0 aliphatic rings. The van der Waals surface area contributed by atoms with Crippen molar-refractivity contribution in [2.45, 2.75) is 13.3 Å². The minimum atomic E-state index is -2.87. The average molecular weight is 420 g/mol. The third-order valence-electron chi connectivity index (χ3n) is 4.14. The number of hydrogen-bond acceptors (Lipinski definition) is 4. The van der Waals surface area contributed by atoms with Crippen LogP contribution in [0.15, 0.2) is 36.5 Å². The number of rotatable bonds is 4. The van der Waals surface area contributed by atoms with Crippen molar-refractivity contribution in [1.29, 1.82) is 0 Å². The van der Waals surface area contributed by atoms with Crippen molar-refractivity contribution >= 4 is 33.4 Å². The second kappa shape index (κ2) is 7.28. The molecule has 0 saturated carbocycles. The normalized spacial score (nSPS) is 11.4. The molecule has 2 heterocycles. The first kappa shape index (κ1) is 19.1. The SMILES string of the molecule is Cc1cnc(NC(=O)c2cc(F)cc3[nH]c(-c4cc(F)ccc4C(F)F)nc23)s1. The Kier molecular flexibility index (Phi) is 4.79. The van der Waals surface area contributed by atoms with Gasteiger partial charge in [-0.05, 0) is 37.3 Å². The van der Waals surface area contributed by atoms with Crippen molar-refractivity contribution in [3.63, 3.8) is 0 Å². The van der Waals surface area contributed by atoms with E-state index in [9.17, 15) is 22.4 Å². The molecular weight excluding hydrogens is 408 g/mol. The Morgan fingerprint density at radius 1 is 1.17 bits per heavy atom. The maximum atomic E-state index is 14.1. The molecule has 0 saturated heterocycles. The summed E-state index contributed by atoms with van der Waals surface area (Å²) in [5.74, 6) is -2.20. The number of anilines is 1. The van der Waals surface area contributed by atoms with Crippen LogP contribution < -0.4 is 5.32 Å². The molecule has 0 bridgehead atoms. The number of imidazole rings is 1. The molecule has 2 aromatic heterocycles. The van der Waals surface area contributed by atoms with Gasteiger partial charge in [0, 0.05) is 22.2 Å². The smallest absolute Gasteiger partial charge is 0.264 e. The number of hydrogen-bond donors (Lipinski definition) is 2. The molecule has 0 atom stereocenters. The summed E-state index contributed by atoms with van der Waals surface area (Å²) in [5.41, 5.74) is -0.527. The van der Waals surface area contributed by atoms with Crippen molar-refractivity contribution in [3.05, 3.63) is 64.2 Å². The van der Waals surface area contributed by atoms with Gasteiger partial charge in [0.05, 0.1) is 11.1 Å². The summed E-state index contributed by atoms with van der Waals surface area (Å²) < 4.78 is 54.4. The molecule has 2 N–H and O–H groups in total. The summed E-state index contributed by atoms with van der Waals surface area (Å²) in [6.45, 7) is 1.81. The molecule has 5 nitrogen and oxygen atoms in total. The number of halogens is 4. The zero-order valence-electron chi connectivity index (χ0n) is 14.8. The number of thiazole rings is 1. The molecule has 4 aromatic rings. The number of nitrogens with one attached hydrogen (secondary N) is 2. The van der Waals surface area contributed by atoms with Gasteiger partial charge in [-0.1, -0.05) is 0 Å². The van der Waals surface area contributed by atoms with Gasteiger partial charge in [0.25, 0.3) is 12.3 Å². The monoisotopic (exact) mass is 420 g/mol. The lowest BCUT2D eigenvalue weighted by Crippen LogP contribution is -2.12. The molecule has 2 aromatic carbocycles. The zero-order valence-corrected chi connectivity index (χ0v) is 15.6. The van der Waals surface area contributed by atoms with Gasteiger partial charge in [0.15, 0.2) is 5.13 Å². The number of carbonyl (C=O) groups is 1. The molecule has 4 rings (SSSR count). The van der Waals surface area contributed by atoms with Crippen LogP contribution in [0.4, 0.5) is 22.7 Å². The molecule has 0 radical (unpaired) electrons. The standard InChI is InChI=1S/C19H12F4N4OS/c1-8-7-24-19(29-8)27-18(28)13-5-10(21)6-14-15(13)26-17(25-14)12-4-9(20)2-3-11(12)16(22)23/h2-7,16H,1H3,(H,25,26)(H,24,27,28). The summed E-state index contributed by atoms with van der Waals surface area (Å²) >= 11 is 1.24. The predicted molar refractivity (Wildman–Crippen MR) is 101 cm³/mol. The van der Waals surface area contributed by atoms with E-state index >= 15 is 0 Å². The molecular formula is C19H12F4N4OS. The minimum Gasteiger partial charge on any atom is -0.338 e. The lowest BCUT2D eigenvalue weighted by molar-refractivity contribution is 0.102. The van der Waals surface area contributed by atoms with E-state index in [1.807, 2.05) is 6.92 Å². The van der Waals surface area contributed by atoms with Gasteiger partial charge >= 0.3 is 0 Å². The fraction of sp³-hybridized carbons (Fsp3) is 0.105. The van der Waals surface area contributed by atoms with Crippen LogP contribution >= 0.6 is 11.3 Å². The number of aromatic nitrogens is 3. The first-order valence-corrected chi connectivity index (χ1v) is 9.14. The van der Waals surface area contributed by atoms with Crippen LogP contribution in [0.2, 0.25) is 0 Å². The quantitative estimate of drug-likeness (QED) is 0.431. The van der Waals surface area contributed by atoms with Crippen LogP contribution in [-0.2, 0) is 0 Å². The fourth-order valence-corrected chi connectivity index (χ4v) is 3.54. The first-order chi connectivity index (χ1) is 13.8. The van der Waals surface area contributed by atoms with E-state index in [2.05, 4.69) is 20.3 Å². The van der Waals surface area contributed by atoms with E-state index in [-0.39, 0.29) is 28.0 Å². The lowest BCUT2D eigenvalue weighted by Gasteiger charge is -2.06. The minimum absolute atomic E-state index is 0.0663. The van der Waals surface area contributed by atoms with E-state index in [0.717, 1.165) is 35.2 Å². The van der Waals surface area contributed by atoms with Gasteiger partial charge in [-0.25, -0.2) is 27.5 Å². The third-order valence-corrected chi connectivity index (χ3v) is 4.97.